The lowest BCUT2D eigenvalue weighted by Gasteiger charge is -2.15. The Bertz CT molecular complexity index is 1670. The first-order chi connectivity index (χ1) is 18.6. The molecule has 1 N–H and O–H groups in total. The van der Waals surface area contributed by atoms with Gasteiger partial charge in [-0.05, 0) is 25.1 Å². The van der Waals surface area contributed by atoms with Crippen molar-refractivity contribution in [2.75, 3.05) is 0 Å². The summed E-state index contributed by atoms with van der Waals surface area (Å²) < 4.78 is 1.93. The van der Waals surface area contributed by atoms with Crippen molar-refractivity contribution in [2.24, 2.45) is 4.99 Å². The molecule has 1 aromatic heterocycles. The van der Waals surface area contributed by atoms with E-state index in [-0.39, 0.29) is 11.7 Å². The first kappa shape index (κ1) is 23.2. The fourth-order valence-corrected chi connectivity index (χ4v) is 4.64. The number of nitrogens with zero attached hydrogens (tertiary/aromatic N) is 4. The van der Waals surface area contributed by atoms with Gasteiger partial charge < -0.3 is 5.32 Å². The maximum atomic E-state index is 13.4. The lowest BCUT2D eigenvalue weighted by molar-refractivity contribution is 0.0935. The van der Waals surface area contributed by atoms with Crippen LogP contribution in [0.15, 0.2) is 114 Å². The number of carbonyl (C=O) groups is 2. The minimum absolute atomic E-state index is 0.0974. The fourth-order valence-electron chi connectivity index (χ4n) is 4.64. The summed E-state index contributed by atoms with van der Waals surface area (Å²) in [5.74, 6) is 0.785. The van der Waals surface area contributed by atoms with Crippen LogP contribution in [0, 0.1) is 6.92 Å². The van der Waals surface area contributed by atoms with Crippen molar-refractivity contribution in [3.05, 3.63) is 149 Å². The van der Waals surface area contributed by atoms with Gasteiger partial charge in [-0.3, -0.25) is 19.1 Å². The molecule has 6 rings (SSSR count). The van der Waals surface area contributed by atoms with E-state index in [4.69, 9.17) is 4.99 Å². The van der Waals surface area contributed by atoms with E-state index in [0.29, 0.717) is 28.3 Å². The lowest BCUT2D eigenvalue weighted by Crippen LogP contribution is -2.29. The summed E-state index contributed by atoms with van der Waals surface area (Å²) in [5.41, 5.74) is 5.02. The third-order valence-corrected chi connectivity index (χ3v) is 6.51. The van der Waals surface area contributed by atoms with Gasteiger partial charge in [0.2, 0.25) is 0 Å². The summed E-state index contributed by atoms with van der Waals surface area (Å²) in [6.07, 6.45) is -0.781. The molecule has 7 nitrogen and oxygen atoms in total. The Hall–Kier alpha value is -5.17. The Labute approximate surface area is 219 Å². The van der Waals surface area contributed by atoms with E-state index < -0.39 is 6.17 Å². The Morgan fingerprint density at radius 2 is 1.32 bits per heavy atom. The number of aliphatic imine (C=N–C) groups is 1. The molecule has 0 bridgehead atoms. The summed E-state index contributed by atoms with van der Waals surface area (Å²) >= 11 is 0. The second-order valence-corrected chi connectivity index (χ2v) is 8.95. The molecule has 2 heterocycles. The van der Waals surface area contributed by atoms with E-state index in [2.05, 4.69) is 15.5 Å². The van der Waals surface area contributed by atoms with Crippen LogP contribution in [0.3, 0.4) is 0 Å². The molecule has 38 heavy (non-hydrogen) atoms. The highest BCUT2D eigenvalue weighted by Gasteiger charge is 2.29. The average Bonchev–Trinajstić information content (AvgIpc) is 3.30. The molecular formula is C31H23N5O2. The van der Waals surface area contributed by atoms with Crippen LogP contribution in [0.2, 0.25) is 0 Å². The molecule has 184 valence electrons. The van der Waals surface area contributed by atoms with Gasteiger partial charge in [0.1, 0.15) is 5.82 Å². The fraction of sp³-hybridized carbons (Fsp3) is 0.0645. The van der Waals surface area contributed by atoms with E-state index in [1.54, 1.807) is 36.4 Å². The number of amides is 1. The molecule has 1 amide bonds. The minimum atomic E-state index is -0.781. The van der Waals surface area contributed by atoms with Crippen LogP contribution in [0.4, 0.5) is 0 Å². The van der Waals surface area contributed by atoms with E-state index in [9.17, 15) is 9.59 Å². The summed E-state index contributed by atoms with van der Waals surface area (Å²) in [7, 11) is 0. The van der Waals surface area contributed by atoms with Crippen LogP contribution >= 0.6 is 0 Å². The van der Waals surface area contributed by atoms with Gasteiger partial charge in [-0.1, -0.05) is 91.0 Å². The van der Waals surface area contributed by atoms with Crippen LogP contribution in [0.1, 0.15) is 55.2 Å². The van der Waals surface area contributed by atoms with Crippen molar-refractivity contribution in [2.45, 2.75) is 13.1 Å². The minimum Gasteiger partial charge on any atom is -0.324 e. The monoisotopic (exact) mass is 497 g/mol. The normalized spacial score (nSPS) is 14.0. The van der Waals surface area contributed by atoms with Gasteiger partial charge in [-0.2, -0.15) is 0 Å². The molecule has 0 saturated heterocycles. The van der Waals surface area contributed by atoms with Crippen molar-refractivity contribution in [3.8, 4) is 5.69 Å². The zero-order chi connectivity index (χ0) is 26.1. The van der Waals surface area contributed by atoms with Crippen molar-refractivity contribution < 1.29 is 9.59 Å². The molecule has 0 aliphatic carbocycles. The number of benzene rings is 4. The predicted octanol–water partition coefficient (Wildman–Crippen LogP) is 5.09. The molecule has 0 radical (unpaired) electrons. The molecule has 1 aliphatic heterocycles. The summed E-state index contributed by atoms with van der Waals surface area (Å²) in [6.45, 7) is 1.88. The van der Waals surface area contributed by atoms with E-state index in [1.807, 2.05) is 84.3 Å². The van der Waals surface area contributed by atoms with Crippen molar-refractivity contribution >= 4 is 17.4 Å². The summed E-state index contributed by atoms with van der Waals surface area (Å²) in [4.78, 5) is 31.2. The van der Waals surface area contributed by atoms with Gasteiger partial charge in [0.15, 0.2) is 17.8 Å². The Morgan fingerprint density at radius 3 is 2.05 bits per heavy atom. The standard InChI is InChI=1S/C31H23N5O2/c1-20-34-35-30-29(32-27(21-10-4-2-5-11-21)25-14-8-9-15-26(25)36(20)30)33-31(38)24-18-16-23(17-19-24)28(37)22-12-6-3-7-13-22/h2-19,29H,1H3,(H,33,38). The number of nitrogens with one attached hydrogen (secondary N) is 1. The maximum absolute atomic E-state index is 13.4. The molecule has 0 fully saturated rings. The van der Waals surface area contributed by atoms with Gasteiger partial charge >= 0.3 is 0 Å². The number of carbonyl (C=O) groups excluding carboxylic acids is 2. The highest BCUT2D eigenvalue weighted by atomic mass is 16.2. The molecule has 0 spiro atoms. The average molecular weight is 498 g/mol. The third-order valence-electron chi connectivity index (χ3n) is 6.51. The Balaban J connectivity index is 1.36. The van der Waals surface area contributed by atoms with Gasteiger partial charge in [0, 0.05) is 27.8 Å². The molecular weight excluding hydrogens is 474 g/mol. The Kier molecular flexibility index (Phi) is 5.94. The van der Waals surface area contributed by atoms with Crippen LogP contribution in [-0.2, 0) is 0 Å². The SMILES string of the molecule is Cc1nnc2n1-c1ccccc1C(c1ccccc1)=NC2NC(=O)c1ccc(C(=O)c2ccccc2)cc1. The molecule has 1 atom stereocenters. The first-order valence-electron chi connectivity index (χ1n) is 12.3. The van der Waals surface area contributed by atoms with Gasteiger partial charge in [-0.15, -0.1) is 10.2 Å². The van der Waals surface area contributed by atoms with Crippen LogP contribution in [0.5, 0.6) is 0 Å². The van der Waals surface area contributed by atoms with E-state index >= 15 is 0 Å². The van der Waals surface area contributed by atoms with Gasteiger partial charge in [-0.25, -0.2) is 0 Å². The van der Waals surface area contributed by atoms with Crippen LogP contribution in [-0.4, -0.2) is 32.2 Å². The molecule has 5 aromatic rings. The molecule has 1 aliphatic rings. The smallest absolute Gasteiger partial charge is 0.253 e. The van der Waals surface area contributed by atoms with Gasteiger partial charge in [0.25, 0.3) is 5.91 Å². The number of aryl methyl sites for hydroxylation is 1. The molecule has 0 saturated carbocycles. The third kappa shape index (κ3) is 4.20. The number of aromatic nitrogens is 3. The largest absolute Gasteiger partial charge is 0.324 e. The second-order valence-electron chi connectivity index (χ2n) is 8.95. The summed E-state index contributed by atoms with van der Waals surface area (Å²) in [6, 6.07) is 33.5. The number of hydrogen-bond acceptors (Lipinski definition) is 5. The zero-order valence-electron chi connectivity index (χ0n) is 20.6. The van der Waals surface area contributed by atoms with Crippen molar-refractivity contribution in [1.82, 2.24) is 20.1 Å². The topological polar surface area (TPSA) is 89.2 Å². The predicted molar refractivity (Wildman–Crippen MR) is 145 cm³/mol. The van der Waals surface area contributed by atoms with Crippen LogP contribution in [0.25, 0.3) is 5.69 Å². The van der Waals surface area contributed by atoms with Crippen molar-refractivity contribution in [3.63, 3.8) is 0 Å². The number of rotatable bonds is 5. The number of fused-ring (bicyclic) bond motifs is 3. The van der Waals surface area contributed by atoms with Crippen molar-refractivity contribution in [1.29, 1.82) is 0 Å². The molecule has 4 aromatic carbocycles. The lowest BCUT2D eigenvalue weighted by atomic mass is 10.0. The number of para-hydroxylation sites is 1. The maximum Gasteiger partial charge on any atom is 0.253 e. The van der Waals surface area contributed by atoms with Crippen LogP contribution < -0.4 is 5.32 Å². The summed E-state index contributed by atoms with van der Waals surface area (Å²) in [5, 5.41) is 11.7. The highest BCUT2D eigenvalue weighted by Crippen LogP contribution is 2.30. The highest BCUT2D eigenvalue weighted by molar-refractivity contribution is 6.15. The van der Waals surface area contributed by atoms with E-state index in [0.717, 1.165) is 22.5 Å². The number of ketones is 1. The molecule has 7 heteroatoms. The van der Waals surface area contributed by atoms with E-state index in [1.165, 1.54) is 0 Å². The van der Waals surface area contributed by atoms with Gasteiger partial charge in [0.05, 0.1) is 11.4 Å². The number of hydrogen-bond donors (Lipinski definition) is 1. The quantitative estimate of drug-likeness (QED) is 0.343. The zero-order valence-corrected chi connectivity index (χ0v) is 20.6. The first-order valence-corrected chi connectivity index (χ1v) is 12.3. The Morgan fingerprint density at radius 1 is 0.711 bits per heavy atom. The molecule has 1 unspecified atom stereocenters. The second kappa shape index (κ2) is 9.71.